The monoisotopic (exact) mass is 343 g/mol. The van der Waals surface area contributed by atoms with E-state index >= 15 is 0 Å². The number of nitrogens with zero attached hydrogens (tertiary/aromatic N) is 1. The fourth-order valence-corrected chi connectivity index (χ4v) is 4.36. The summed E-state index contributed by atoms with van der Waals surface area (Å²) in [4.78, 5) is 18.1. The molecule has 134 valence electrons. The lowest BCUT2D eigenvalue weighted by molar-refractivity contribution is 0.0931. The van der Waals surface area contributed by atoms with E-state index in [9.17, 15) is 9.18 Å². The lowest BCUT2D eigenvalue weighted by Crippen LogP contribution is -2.39. The van der Waals surface area contributed by atoms with E-state index in [1.165, 1.54) is 44.6 Å². The summed E-state index contributed by atoms with van der Waals surface area (Å²) in [6.07, 6.45) is 8.97. The van der Waals surface area contributed by atoms with E-state index in [0.29, 0.717) is 22.6 Å². The first-order valence-corrected chi connectivity index (χ1v) is 9.53. The minimum absolute atomic E-state index is 0.136. The molecule has 4 nitrogen and oxygen atoms in total. The van der Waals surface area contributed by atoms with Gasteiger partial charge in [-0.1, -0.05) is 31.7 Å². The molecule has 5 heteroatoms. The van der Waals surface area contributed by atoms with Gasteiger partial charge in [-0.3, -0.25) is 9.69 Å². The Morgan fingerprint density at radius 2 is 1.96 bits per heavy atom. The number of carbonyl (C=O) groups excluding carboxylic acids is 1. The fourth-order valence-electron chi connectivity index (χ4n) is 4.36. The van der Waals surface area contributed by atoms with Gasteiger partial charge in [-0.2, -0.15) is 0 Å². The average molecular weight is 343 g/mol. The number of nitrogens with one attached hydrogen (secondary N) is 2. The van der Waals surface area contributed by atoms with E-state index in [1.54, 1.807) is 18.2 Å². The van der Waals surface area contributed by atoms with E-state index in [2.05, 4.69) is 15.2 Å². The SMILES string of the molecule is O=C(NC1CCN(C2CCCCCC2)C1)c1cc2c(F)cccc2[nH]1. The molecule has 2 N–H and O–H groups in total. The van der Waals surface area contributed by atoms with Gasteiger partial charge in [0, 0.05) is 36.1 Å². The Labute approximate surface area is 147 Å². The summed E-state index contributed by atoms with van der Waals surface area (Å²) in [6.45, 7) is 2.00. The zero-order chi connectivity index (χ0) is 17.2. The number of hydrogen-bond acceptors (Lipinski definition) is 2. The smallest absolute Gasteiger partial charge is 0.267 e. The Morgan fingerprint density at radius 3 is 2.72 bits per heavy atom. The first kappa shape index (κ1) is 16.6. The number of fused-ring (bicyclic) bond motifs is 1. The number of aromatic amines is 1. The zero-order valence-electron chi connectivity index (χ0n) is 14.6. The molecule has 2 aliphatic rings. The van der Waals surface area contributed by atoms with Gasteiger partial charge in [0.25, 0.3) is 5.91 Å². The summed E-state index contributed by atoms with van der Waals surface area (Å²) in [5.74, 6) is -0.434. The molecule has 2 heterocycles. The highest BCUT2D eigenvalue weighted by Gasteiger charge is 2.29. The molecule has 0 radical (unpaired) electrons. The van der Waals surface area contributed by atoms with E-state index < -0.39 is 0 Å². The van der Waals surface area contributed by atoms with Gasteiger partial charge in [-0.05, 0) is 37.5 Å². The van der Waals surface area contributed by atoms with Gasteiger partial charge in [-0.15, -0.1) is 0 Å². The third kappa shape index (κ3) is 3.56. The predicted molar refractivity (Wildman–Crippen MR) is 97.2 cm³/mol. The molecule has 1 atom stereocenters. The van der Waals surface area contributed by atoms with Crippen molar-refractivity contribution >= 4 is 16.8 Å². The van der Waals surface area contributed by atoms with Crippen LogP contribution in [0.3, 0.4) is 0 Å². The lowest BCUT2D eigenvalue weighted by atomic mass is 10.1. The van der Waals surface area contributed by atoms with Crippen molar-refractivity contribution in [3.05, 3.63) is 35.8 Å². The standard InChI is InChI=1S/C20H26FN3O/c21-17-8-5-9-18-16(17)12-19(23-18)20(25)22-14-10-11-24(13-14)15-6-3-1-2-4-7-15/h5,8-9,12,14-15,23H,1-4,6-7,10-11,13H2,(H,22,25). The Balaban J connectivity index is 1.38. The number of amides is 1. The summed E-state index contributed by atoms with van der Waals surface area (Å²) < 4.78 is 13.8. The van der Waals surface area contributed by atoms with Crippen LogP contribution in [0.25, 0.3) is 10.9 Å². The van der Waals surface area contributed by atoms with Gasteiger partial charge in [-0.25, -0.2) is 4.39 Å². The third-order valence-corrected chi connectivity index (χ3v) is 5.75. The second-order valence-corrected chi connectivity index (χ2v) is 7.48. The summed E-state index contributed by atoms with van der Waals surface area (Å²) in [5.41, 5.74) is 1.10. The van der Waals surface area contributed by atoms with Crippen molar-refractivity contribution in [1.82, 2.24) is 15.2 Å². The molecular weight excluding hydrogens is 317 g/mol. The molecule has 1 aliphatic carbocycles. The van der Waals surface area contributed by atoms with Crippen molar-refractivity contribution in [3.8, 4) is 0 Å². The number of halogens is 1. The van der Waals surface area contributed by atoms with Crippen molar-refractivity contribution in [2.24, 2.45) is 0 Å². The molecule has 1 saturated heterocycles. The number of H-pyrrole nitrogens is 1. The molecule has 0 bridgehead atoms. The van der Waals surface area contributed by atoms with Crippen LogP contribution in [0.5, 0.6) is 0 Å². The van der Waals surface area contributed by atoms with E-state index in [4.69, 9.17) is 0 Å². The molecule has 0 spiro atoms. The summed E-state index contributed by atoms with van der Waals surface area (Å²) in [7, 11) is 0. The van der Waals surface area contributed by atoms with E-state index in [1.807, 2.05) is 0 Å². The van der Waals surface area contributed by atoms with Crippen molar-refractivity contribution < 1.29 is 9.18 Å². The van der Waals surface area contributed by atoms with Crippen LogP contribution in [0, 0.1) is 5.82 Å². The van der Waals surface area contributed by atoms with Gasteiger partial charge in [0.05, 0.1) is 0 Å². The molecule has 1 aromatic heterocycles. The number of hydrogen-bond donors (Lipinski definition) is 2. The predicted octanol–water partition coefficient (Wildman–Crippen LogP) is 3.83. The van der Waals surface area contributed by atoms with E-state index in [-0.39, 0.29) is 17.8 Å². The van der Waals surface area contributed by atoms with Crippen LogP contribution in [-0.4, -0.2) is 41.0 Å². The van der Waals surface area contributed by atoms with Crippen LogP contribution >= 0.6 is 0 Å². The van der Waals surface area contributed by atoms with Crippen LogP contribution in [-0.2, 0) is 0 Å². The molecule has 1 aromatic carbocycles. The normalized spacial score (nSPS) is 23.0. The van der Waals surface area contributed by atoms with Crippen LogP contribution in [0.2, 0.25) is 0 Å². The van der Waals surface area contributed by atoms with Crippen molar-refractivity contribution in [2.45, 2.75) is 57.0 Å². The number of rotatable bonds is 3. The number of aromatic nitrogens is 1. The maximum Gasteiger partial charge on any atom is 0.267 e. The van der Waals surface area contributed by atoms with Crippen LogP contribution in [0.4, 0.5) is 4.39 Å². The highest BCUT2D eigenvalue weighted by molar-refractivity contribution is 5.98. The van der Waals surface area contributed by atoms with E-state index in [0.717, 1.165) is 19.5 Å². The van der Waals surface area contributed by atoms with Gasteiger partial charge in [0.2, 0.25) is 0 Å². The van der Waals surface area contributed by atoms with Crippen molar-refractivity contribution in [2.75, 3.05) is 13.1 Å². The molecule has 2 fully saturated rings. The van der Waals surface area contributed by atoms with Crippen molar-refractivity contribution in [1.29, 1.82) is 0 Å². The maximum absolute atomic E-state index is 13.8. The Kier molecular flexibility index (Phi) is 4.75. The van der Waals surface area contributed by atoms with Crippen molar-refractivity contribution in [3.63, 3.8) is 0 Å². The second-order valence-electron chi connectivity index (χ2n) is 7.48. The second kappa shape index (κ2) is 7.16. The Hall–Kier alpha value is -1.88. The van der Waals surface area contributed by atoms with Gasteiger partial charge in [0.1, 0.15) is 11.5 Å². The maximum atomic E-state index is 13.8. The minimum atomic E-state index is -0.298. The van der Waals surface area contributed by atoms with Gasteiger partial charge < -0.3 is 10.3 Å². The largest absolute Gasteiger partial charge is 0.350 e. The summed E-state index contributed by atoms with van der Waals surface area (Å²) in [5, 5.41) is 3.60. The molecule has 2 aromatic rings. The fraction of sp³-hybridized carbons (Fsp3) is 0.550. The first-order chi connectivity index (χ1) is 12.2. The third-order valence-electron chi connectivity index (χ3n) is 5.75. The molecule has 1 amide bonds. The molecule has 25 heavy (non-hydrogen) atoms. The van der Waals surface area contributed by atoms with Gasteiger partial charge >= 0.3 is 0 Å². The highest BCUT2D eigenvalue weighted by Crippen LogP contribution is 2.25. The van der Waals surface area contributed by atoms with Crippen LogP contribution in [0.1, 0.15) is 55.4 Å². The first-order valence-electron chi connectivity index (χ1n) is 9.53. The number of benzene rings is 1. The van der Waals surface area contributed by atoms with Crippen LogP contribution in [0.15, 0.2) is 24.3 Å². The summed E-state index contributed by atoms with van der Waals surface area (Å²) >= 11 is 0. The molecular formula is C20H26FN3O. The van der Waals surface area contributed by atoms with Gasteiger partial charge in [0.15, 0.2) is 0 Å². The minimum Gasteiger partial charge on any atom is -0.350 e. The zero-order valence-corrected chi connectivity index (χ0v) is 14.6. The van der Waals surface area contributed by atoms with Crippen LogP contribution < -0.4 is 5.32 Å². The molecule has 4 rings (SSSR count). The molecule has 1 aliphatic heterocycles. The Morgan fingerprint density at radius 1 is 1.16 bits per heavy atom. The highest BCUT2D eigenvalue weighted by atomic mass is 19.1. The quantitative estimate of drug-likeness (QED) is 0.832. The lowest BCUT2D eigenvalue weighted by Gasteiger charge is -2.26. The topological polar surface area (TPSA) is 48.1 Å². The molecule has 1 unspecified atom stereocenters. The number of carbonyl (C=O) groups is 1. The number of likely N-dealkylation sites (tertiary alicyclic amines) is 1. The molecule has 1 saturated carbocycles. The Bertz CT molecular complexity index is 748. The average Bonchev–Trinajstić information content (AvgIpc) is 3.16. The summed E-state index contributed by atoms with van der Waals surface area (Å²) in [6, 6.07) is 7.34.